The number of aldehydes is 1. The van der Waals surface area contributed by atoms with Gasteiger partial charge < -0.3 is 20.2 Å². The Kier molecular flexibility index (Phi) is 8.12. The lowest BCUT2D eigenvalue weighted by atomic mass is 10.1. The standard InChI is InChI=1S/C19H23N4O7P/c1-11(2)8-20-19(26)13-5-4-6-14(7-13)22-23-18-16(10-30-31(27,28)29)15(9-24)17(25)12(3)21-18/h4-7,9,11,25H,8,10H2,1-3H3,(H,20,26)(H2,27,28,29). The zero-order chi connectivity index (χ0) is 23.2. The van der Waals surface area contributed by atoms with E-state index in [1.54, 1.807) is 18.2 Å². The van der Waals surface area contributed by atoms with Gasteiger partial charge in [-0.2, -0.15) is 0 Å². The van der Waals surface area contributed by atoms with E-state index >= 15 is 0 Å². The number of carbonyl (C=O) groups is 2. The second-order valence-corrected chi connectivity index (χ2v) is 8.24. The maximum Gasteiger partial charge on any atom is 0.469 e. The largest absolute Gasteiger partial charge is 0.505 e. The van der Waals surface area contributed by atoms with Crippen LogP contribution in [0.25, 0.3) is 0 Å². The summed E-state index contributed by atoms with van der Waals surface area (Å²) >= 11 is 0. The molecule has 0 saturated heterocycles. The van der Waals surface area contributed by atoms with Crippen LogP contribution in [0, 0.1) is 12.8 Å². The number of nitrogens with one attached hydrogen (secondary N) is 1. The van der Waals surface area contributed by atoms with Gasteiger partial charge in [0, 0.05) is 17.7 Å². The van der Waals surface area contributed by atoms with E-state index in [1.807, 2.05) is 13.8 Å². The molecule has 0 saturated carbocycles. The van der Waals surface area contributed by atoms with E-state index in [4.69, 9.17) is 9.79 Å². The van der Waals surface area contributed by atoms with Crippen molar-refractivity contribution < 1.29 is 33.6 Å². The SMILES string of the molecule is Cc1nc(N=Nc2cccc(C(=O)NCC(C)C)c2)c(COP(=O)(O)O)c(C=O)c1O. The molecular formula is C19H23N4O7P. The molecule has 0 unspecified atom stereocenters. The van der Waals surface area contributed by atoms with Crippen molar-refractivity contribution >= 4 is 31.5 Å². The van der Waals surface area contributed by atoms with Crippen molar-refractivity contribution in [2.24, 2.45) is 16.1 Å². The second kappa shape index (κ2) is 10.4. The van der Waals surface area contributed by atoms with Gasteiger partial charge in [0.2, 0.25) is 0 Å². The lowest BCUT2D eigenvalue weighted by molar-refractivity contribution is 0.0948. The molecule has 0 radical (unpaired) electrons. The Balaban J connectivity index is 2.38. The minimum absolute atomic E-state index is 0.0674. The molecule has 0 atom stereocenters. The summed E-state index contributed by atoms with van der Waals surface area (Å²) in [6.45, 7) is 5.15. The Bertz CT molecular complexity index is 1050. The minimum Gasteiger partial charge on any atom is -0.505 e. The molecule has 31 heavy (non-hydrogen) atoms. The summed E-state index contributed by atoms with van der Waals surface area (Å²) in [6, 6.07) is 6.31. The summed E-state index contributed by atoms with van der Waals surface area (Å²) in [7, 11) is -4.86. The summed E-state index contributed by atoms with van der Waals surface area (Å²) in [5.41, 5.74) is 0.329. The number of hydrogen-bond acceptors (Lipinski definition) is 8. The van der Waals surface area contributed by atoms with E-state index in [0.29, 0.717) is 24.1 Å². The van der Waals surface area contributed by atoms with Crippen molar-refractivity contribution in [2.45, 2.75) is 27.4 Å². The number of hydrogen-bond donors (Lipinski definition) is 4. The van der Waals surface area contributed by atoms with Crippen molar-refractivity contribution in [3.63, 3.8) is 0 Å². The van der Waals surface area contributed by atoms with Crippen molar-refractivity contribution in [1.82, 2.24) is 10.3 Å². The molecule has 166 valence electrons. The molecule has 2 aromatic rings. The first-order valence-electron chi connectivity index (χ1n) is 9.19. The van der Waals surface area contributed by atoms with Crippen LogP contribution >= 0.6 is 7.82 Å². The number of phosphoric acid groups is 1. The van der Waals surface area contributed by atoms with Crippen LogP contribution in [0.2, 0.25) is 0 Å². The molecule has 1 aromatic carbocycles. The van der Waals surface area contributed by atoms with Crippen LogP contribution in [0.15, 0.2) is 34.5 Å². The molecule has 1 aromatic heterocycles. The van der Waals surface area contributed by atoms with E-state index in [0.717, 1.165) is 0 Å². The molecule has 4 N–H and O–H groups in total. The normalized spacial score (nSPS) is 11.8. The maximum atomic E-state index is 12.2. The molecule has 1 amide bonds. The Morgan fingerprint density at radius 2 is 2.03 bits per heavy atom. The third-order valence-corrected chi connectivity index (χ3v) is 4.47. The quantitative estimate of drug-likeness (QED) is 0.256. The summed E-state index contributed by atoms with van der Waals surface area (Å²) < 4.78 is 15.5. The lowest BCUT2D eigenvalue weighted by Crippen LogP contribution is -2.27. The van der Waals surface area contributed by atoms with Gasteiger partial charge in [-0.3, -0.25) is 14.1 Å². The number of amides is 1. The molecular weight excluding hydrogens is 427 g/mol. The fourth-order valence-corrected chi connectivity index (χ4v) is 2.75. The van der Waals surface area contributed by atoms with Gasteiger partial charge in [-0.1, -0.05) is 19.9 Å². The lowest BCUT2D eigenvalue weighted by Gasteiger charge is -2.12. The number of pyridine rings is 1. The number of phosphoric ester groups is 1. The smallest absolute Gasteiger partial charge is 0.469 e. The highest BCUT2D eigenvalue weighted by molar-refractivity contribution is 7.46. The molecule has 0 bridgehead atoms. The van der Waals surface area contributed by atoms with E-state index in [9.17, 15) is 19.3 Å². The number of carbonyl (C=O) groups excluding carboxylic acids is 2. The van der Waals surface area contributed by atoms with Crippen LogP contribution in [0.3, 0.4) is 0 Å². The highest BCUT2D eigenvalue weighted by Gasteiger charge is 2.22. The van der Waals surface area contributed by atoms with Crippen LogP contribution in [-0.4, -0.2) is 38.6 Å². The summed E-state index contributed by atoms with van der Waals surface area (Å²) in [5.74, 6) is -0.609. The van der Waals surface area contributed by atoms with Gasteiger partial charge in [-0.25, -0.2) is 9.55 Å². The van der Waals surface area contributed by atoms with Gasteiger partial charge in [0.15, 0.2) is 12.1 Å². The van der Waals surface area contributed by atoms with Gasteiger partial charge in [-0.15, -0.1) is 10.2 Å². The topological polar surface area (TPSA) is 171 Å². The molecule has 2 rings (SSSR count). The van der Waals surface area contributed by atoms with E-state index < -0.39 is 20.2 Å². The first-order chi connectivity index (χ1) is 14.5. The van der Waals surface area contributed by atoms with Crippen LogP contribution in [0.4, 0.5) is 11.5 Å². The van der Waals surface area contributed by atoms with E-state index in [-0.39, 0.29) is 34.5 Å². The first kappa shape index (κ1) is 24.3. The Morgan fingerprint density at radius 3 is 2.65 bits per heavy atom. The van der Waals surface area contributed by atoms with Crippen molar-refractivity contribution in [1.29, 1.82) is 0 Å². The zero-order valence-electron chi connectivity index (χ0n) is 17.1. The number of benzene rings is 1. The summed E-state index contributed by atoms with van der Waals surface area (Å²) in [5, 5.41) is 20.8. The molecule has 12 heteroatoms. The predicted molar refractivity (Wildman–Crippen MR) is 111 cm³/mol. The Morgan fingerprint density at radius 1 is 1.32 bits per heavy atom. The van der Waals surface area contributed by atoms with Gasteiger partial charge >= 0.3 is 7.82 Å². The number of aromatic hydroxyl groups is 1. The van der Waals surface area contributed by atoms with Crippen LogP contribution < -0.4 is 5.32 Å². The van der Waals surface area contributed by atoms with Gasteiger partial charge in [0.1, 0.15) is 5.75 Å². The predicted octanol–water partition coefficient (Wildman–Crippen LogP) is 3.32. The van der Waals surface area contributed by atoms with Crippen molar-refractivity contribution in [2.75, 3.05) is 6.54 Å². The number of aryl methyl sites for hydroxylation is 1. The molecule has 0 fully saturated rings. The molecule has 11 nitrogen and oxygen atoms in total. The monoisotopic (exact) mass is 450 g/mol. The number of nitrogens with zero attached hydrogens (tertiary/aromatic N) is 3. The highest BCUT2D eigenvalue weighted by atomic mass is 31.2. The average molecular weight is 450 g/mol. The van der Waals surface area contributed by atoms with Crippen LogP contribution in [0.1, 0.15) is 45.8 Å². The molecule has 0 spiro atoms. The molecule has 0 aliphatic carbocycles. The van der Waals surface area contributed by atoms with Gasteiger partial charge in [0.05, 0.1) is 23.6 Å². The number of rotatable bonds is 9. The fourth-order valence-electron chi connectivity index (χ4n) is 2.45. The highest BCUT2D eigenvalue weighted by Crippen LogP contribution is 2.40. The number of azo groups is 1. The first-order valence-corrected chi connectivity index (χ1v) is 10.7. The van der Waals surface area contributed by atoms with E-state index in [1.165, 1.54) is 13.0 Å². The zero-order valence-corrected chi connectivity index (χ0v) is 18.0. The minimum atomic E-state index is -4.86. The molecule has 0 aliphatic heterocycles. The van der Waals surface area contributed by atoms with Crippen LogP contribution in [-0.2, 0) is 15.7 Å². The molecule has 1 heterocycles. The third kappa shape index (κ3) is 7.04. The van der Waals surface area contributed by atoms with Gasteiger partial charge in [0.25, 0.3) is 5.91 Å². The Hall–Kier alpha value is -2.98. The van der Waals surface area contributed by atoms with Crippen molar-refractivity contribution in [3.8, 4) is 5.75 Å². The maximum absolute atomic E-state index is 12.2. The third-order valence-electron chi connectivity index (χ3n) is 4.00. The second-order valence-electron chi connectivity index (χ2n) is 7.00. The Labute approximate surface area is 178 Å². The van der Waals surface area contributed by atoms with Crippen LogP contribution in [0.5, 0.6) is 5.75 Å². The summed E-state index contributed by atoms with van der Waals surface area (Å²) in [4.78, 5) is 45.6. The van der Waals surface area contributed by atoms with Crippen molar-refractivity contribution in [3.05, 3.63) is 46.6 Å². The average Bonchev–Trinajstić information content (AvgIpc) is 2.70. The van der Waals surface area contributed by atoms with E-state index in [2.05, 4.69) is 25.1 Å². The molecule has 0 aliphatic rings. The number of aromatic nitrogens is 1. The fraction of sp³-hybridized carbons (Fsp3) is 0.316. The van der Waals surface area contributed by atoms with Gasteiger partial charge in [-0.05, 0) is 31.0 Å². The summed E-state index contributed by atoms with van der Waals surface area (Å²) in [6.07, 6.45) is 0.307.